The Labute approximate surface area is 163 Å². The molecule has 0 aliphatic carbocycles. The maximum Gasteiger partial charge on any atom is 0.416 e. The quantitative estimate of drug-likeness (QED) is 0.560. The van der Waals surface area contributed by atoms with Crippen LogP contribution in [0.25, 0.3) is 0 Å². The third kappa shape index (κ3) is 5.96. The van der Waals surface area contributed by atoms with Crippen molar-refractivity contribution in [3.05, 3.63) is 64.7 Å². The molecule has 1 amide bonds. The Kier molecular flexibility index (Phi) is 6.81. The second kappa shape index (κ2) is 9.09. The SMILES string of the molecule is COC(=O)c1ccc(CNC(=O)COC(=O)c2ccc(C(F)(F)F)cc2N)cc1. The first-order valence-corrected chi connectivity index (χ1v) is 8.19. The third-order valence-corrected chi connectivity index (χ3v) is 3.80. The van der Waals surface area contributed by atoms with Gasteiger partial charge in [-0.3, -0.25) is 4.79 Å². The summed E-state index contributed by atoms with van der Waals surface area (Å²) < 4.78 is 47.2. The minimum absolute atomic E-state index is 0.111. The van der Waals surface area contributed by atoms with Gasteiger partial charge in [-0.05, 0) is 35.9 Å². The molecule has 2 rings (SSSR count). The van der Waals surface area contributed by atoms with Gasteiger partial charge in [0.15, 0.2) is 6.61 Å². The van der Waals surface area contributed by atoms with Crippen LogP contribution < -0.4 is 11.1 Å². The number of methoxy groups -OCH3 is 1. The molecule has 0 saturated carbocycles. The van der Waals surface area contributed by atoms with Crippen LogP contribution in [0.3, 0.4) is 0 Å². The summed E-state index contributed by atoms with van der Waals surface area (Å²) in [4.78, 5) is 35.1. The number of nitrogens with one attached hydrogen (secondary N) is 1. The smallest absolute Gasteiger partial charge is 0.416 e. The van der Waals surface area contributed by atoms with Crippen LogP contribution in [0.5, 0.6) is 0 Å². The van der Waals surface area contributed by atoms with E-state index in [9.17, 15) is 27.6 Å². The molecular formula is C19H17F3N2O5. The van der Waals surface area contributed by atoms with E-state index in [1.165, 1.54) is 19.2 Å². The fourth-order valence-electron chi connectivity index (χ4n) is 2.26. The van der Waals surface area contributed by atoms with Crippen molar-refractivity contribution in [1.82, 2.24) is 5.32 Å². The first-order chi connectivity index (χ1) is 13.6. The number of hydrogen-bond acceptors (Lipinski definition) is 6. The van der Waals surface area contributed by atoms with E-state index in [4.69, 9.17) is 10.5 Å². The molecule has 2 aromatic carbocycles. The van der Waals surface area contributed by atoms with Crippen LogP contribution in [0, 0.1) is 0 Å². The van der Waals surface area contributed by atoms with E-state index in [0.717, 1.165) is 6.07 Å². The molecule has 154 valence electrons. The number of nitrogens with two attached hydrogens (primary N) is 1. The molecule has 0 saturated heterocycles. The van der Waals surface area contributed by atoms with E-state index in [-0.39, 0.29) is 12.1 Å². The van der Waals surface area contributed by atoms with Gasteiger partial charge in [0.2, 0.25) is 0 Å². The standard InChI is InChI=1S/C19H17F3N2O5/c1-28-17(26)12-4-2-11(3-5-12)9-24-16(25)10-29-18(27)14-7-6-13(8-15(14)23)19(20,21)22/h2-8H,9-10,23H2,1H3,(H,24,25). The van der Waals surface area contributed by atoms with Crippen LogP contribution in [-0.2, 0) is 27.0 Å². The molecule has 0 fully saturated rings. The van der Waals surface area contributed by atoms with Gasteiger partial charge in [0, 0.05) is 12.2 Å². The number of halogens is 3. The van der Waals surface area contributed by atoms with E-state index < -0.39 is 41.9 Å². The lowest BCUT2D eigenvalue weighted by molar-refractivity contribution is -0.137. The number of nitrogen functional groups attached to an aromatic ring is 1. The summed E-state index contributed by atoms with van der Waals surface area (Å²) in [6.07, 6.45) is -4.59. The molecule has 0 unspecified atom stereocenters. The maximum atomic E-state index is 12.6. The molecule has 0 aromatic heterocycles. The zero-order valence-corrected chi connectivity index (χ0v) is 15.2. The molecule has 0 radical (unpaired) electrons. The van der Waals surface area contributed by atoms with E-state index >= 15 is 0 Å². The Morgan fingerprint density at radius 1 is 1.03 bits per heavy atom. The molecule has 3 N–H and O–H groups in total. The summed E-state index contributed by atoms with van der Waals surface area (Å²) in [7, 11) is 1.26. The number of anilines is 1. The second-order valence-corrected chi connectivity index (χ2v) is 5.84. The first-order valence-electron chi connectivity index (χ1n) is 8.19. The number of amides is 1. The molecule has 0 atom stereocenters. The molecule has 2 aromatic rings. The predicted molar refractivity (Wildman–Crippen MR) is 95.8 cm³/mol. The topological polar surface area (TPSA) is 108 Å². The molecular weight excluding hydrogens is 393 g/mol. The Morgan fingerprint density at radius 3 is 2.24 bits per heavy atom. The van der Waals surface area contributed by atoms with Crippen LogP contribution in [0.15, 0.2) is 42.5 Å². The number of hydrogen-bond donors (Lipinski definition) is 2. The Balaban J connectivity index is 1.86. The number of rotatable bonds is 6. The van der Waals surface area contributed by atoms with Gasteiger partial charge in [-0.15, -0.1) is 0 Å². The van der Waals surface area contributed by atoms with Gasteiger partial charge >= 0.3 is 18.1 Å². The molecule has 7 nitrogen and oxygen atoms in total. The fraction of sp³-hybridized carbons (Fsp3) is 0.211. The zero-order valence-electron chi connectivity index (χ0n) is 15.2. The van der Waals surface area contributed by atoms with Crippen LogP contribution >= 0.6 is 0 Å². The predicted octanol–water partition coefficient (Wildman–Crippen LogP) is 2.55. The lowest BCUT2D eigenvalue weighted by Gasteiger charge is -2.11. The highest BCUT2D eigenvalue weighted by atomic mass is 19.4. The number of esters is 2. The van der Waals surface area contributed by atoms with Crippen molar-refractivity contribution in [1.29, 1.82) is 0 Å². The molecule has 0 aliphatic rings. The van der Waals surface area contributed by atoms with Crippen molar-refractivity contribution < 1.29 is 37.0 Å². The highest BCUT2D eigenvalue weighted by Gasteiger charge is 2.31. The molecule has 0 heterocycles. The van der Waals surface area contributed by atoms with Crippen LogP contribution in [0.2, 0.25) is 0 Å². The van der Waals surface area contributed by atoms with Gasteiger partial charge in [-0.25, -0.2) is 9.59 Å². The maximum absolute atomic E-state index is 12.6. The van der Waals surface area contributed by atoms with Gasteiger partial charge in [-0.2, -0.15) is 13.2 Å². The molecule has 29 heavy (non-hydrogen) atoms. The van der Waals surface area contributed by atoms with Gasteiger partial charge in [-0.1, -0.05) is 12.1 Å². The lowest BCUT2D eigenvalue weighted by atomic mass is 10.1. The van der Waals surface area contributed by atoms with Gasteiger partial charge in [0.25, 0.3) is 5.91 Å². The fourth-order valence-corrected chi connectivity index (χ4v) is 2.26. The number of benzene rings is 2. The molecule has 0 bridgehead atoms. The summed E-state index contributed by atoms with van der Waals surface area (Å²) in [5.74, 6) is -2.13. The van der Waals surface area contributed by atoms with E-state index in [0.29, 0.717) is 23.3 Å². The number of alkyl halides is 3. The summed E-state index contributed by atoms with van der Waals surface area (Å²) >= 11 is 0. The van der Waals surface area contributed by atoms with Crippen molar-refractivity contribution in [2.45, 2.75) is 12.7 Å². The molecule has 0 aliphatic heterocycles. The average molecular weight is 410 g/mol. The summed E-state index contributed by atoms with van der Waals surface area (Å²) in [5.41, 5.74) is 4.83. The van der Waals surface area contributed by atoms with Crippen molar-refractivity contribution in [3.63, 3.8) is 0 Å². The Hall–Kier alpha value is -3.56. The van der Waals surface area contributed by atoms with Gasteiger partial charge < -0.3 is 20.5 Å². The highest BCUT2D eigenvalue weighted by molar-refractivity contribution is 5.96. The Morgan fingerprint density at radius 2 is 1.69 bits per heavy atom. The molecule has 10 heteroatoms. The Bertz CT molecular complexity index is 911. The second-order valence-electron chi connectivity index (χ2n) is 5.84. The van der Waals surface area contributed by atoms with Gasteiger partial charge in [0.05, 0.1) is 23.8 Å². The zero-order chi connectivity index (χ0) is 21.6. The number of carbonyl (C=O) groups is 3. The van der Waals surface area contributed by atoms with E-state index in [1.54, 1.807) is 12.1 Å². The minimum Gasteiger partial charge on any atom is -0.465 e. The highest BCUT2D eigenvalue weighted by Crippen LogP contribution is 2.31. The average Bonchev–Trinajstić information content (AvgIpc) is 2.69. The summed E-state index contributed by atoms with van der Waals surface area (Å²) in [6.45, 7) is -0.528. The minimum atomic E-state index is -4.59. The van der Waals surface area contributed by atoms with E-state index in [2.05, 4.69) is 10.1 Å². The van der Waals surface area contributed by atoms with Crippen LogP contribution in [-0.4, -0.2) is 31.6 Å². The van der Waals surface area contributed by atoms with E-state index in [1.807, 2.05) is 0 Å². The van der Waals surface area contributed by atoms with Crippen LogP contribution in [0.4, 0.5) is 18.9 Å². The lowest BCUT2D eigenvalue weighted by Crippen LogP contribution is -2.28. The van der Waals surface area contributed by atoms with Crippen molar-refractivity contribution in [2.24, 2.45) is 0 Å². The van der Waals surface area contributed by atoms with Crippen LogP contribution in [0.1, 0.15) is 31.8 Å². The largest absolute Gasteiger partial charge is 0.465 e. The normalized spacial score (nSPS) is 10.9. The van der Waals surface area contributed by atoms with Gasteiger partial charge in [0.1, 0.15) is 0 Å². The van der Waals surface area contributed by atoms with Crippen molar-refractivity contribution in [2.75, 3.05) is 19.5 Å². The monoisotopic (exact) mass is 410 g/mol. The number of carbonyl (C=O) groups excluding carboxylic acids is 3. The number of ether oxygens (including phenoxy) is 2. The molecule has 0 spiro atoms. The first kappa shape index (κ1) is 21.7. The third-order valence-electron chi connectivity index (χ3n) is 3.80. The summed E-state index contributed by atoms with van der Waals surface area (Å²) in [5, 5.41) is 2.50. The summed E-state index contributed by atoms with van der Waals surface area (Å²) in [6, 6.07) is 8.49. The van der Waals surface area contributed by atoms with Crippen molar-refractivity contribution >= 4 is 23.5 Å². The van der Waals surface area contributed by atoms with Crippen molar-refractivity contribution in [3.8, 4) is 0 Å².